The molecule has 5 heterocycles. The van der Waals surface area contributed by atoms with Crippen molar-refractivity contribution in [2.75, 3.05) is 39.6 Å². The lowest BCUT2D eigenvalue weighted by molar-refractivity contribution is -0.144. The number of aliphatic imine (C=N–C) groups is 1. The minimum Gasteiger partial charge on any atom is -0.494 e. The molecule has 1 saturated heterocycles. The van der Waals surface area contributed by atoms with Crippen LogP contribution in [0.2, 0.25) is 5.02 Å². The molecule has 3 aromatic carbocycles. The number of ketones is 1. The molecule has 19 heteroatoms. The topological polar surface area (TPSA) is 213 Å². The van der Waals surface area contributed by atoms with E-state index in [0.29, 0.717) is 48.4 Å². The molecule has 0 bridgehead atoms. The molecule has 402 valence electrons. The zero-order valence-electron chi connectivity index (χ0n) is 44.4. The third-order valence-corrected chi connectivity index (χ3v) is 15.2. The van der Waals surface area contributed by atoms with Gasteiger partial charge in [0.25, 0.3) is 0 Å². The number of nitrogens with zero attached hydrogens (tertiary/aromatic N) is 6. The molecule has 6 aromatic rings. The molecular weight excluding hydrogens is 1010 g/mol. The van der Waals surface area contributed by atoms with Crippen LogP contribution in [-0.4, -0.2) is 117 Å². The van der Waals surface area contributed by atoms with Crippen LogP contribution in [0.3, 0.4) is 0 Å². The lowest BCUT2D eigenvalue weighted by atomic mass is 9.85. The summed E-state index contributed by atoms with van der Waals surface area (Å²) in [7, 11) is 0. The number of fused-ring (bicyclic) bond motifs is 3. The van der Waals surface area contributed by atoms with Crippen LogP contribution in [0.1, 0.15) is 115 Å². The van der Waals surface area contributed by atoms with E-state index in [2.05, 4.69) is 39.7 Å². The summed E-state index contributed by atoms with van der Waals surface area (Å²) in [6.07, 6.45) is 2.03. The van der Waals surface area contributed by atoms with Crippen molar-refractivity contribution in [2.24, 2.45) is 10.4 Å². The molecule has 0 saturated carbocycles. The molecule has 0 unspecified atom stereocenters. The number of aryl methyl sites for hydroxylation is 4. The Morgan fingerprint density at radius 2 is 1.59 bits per heavy atom. The number of rotatable bonds is 22. The number of likely N-dealkylation sites (tertiary alicyclic amines) is 1. The van der Waals surface area contributed by atoms with Crippen LogP contribution in [0.4, 0.5) is 0 Å². The molecule has 8 rings (SSSR count). The first-order valence-electron chi connectivity index (χ1n) is 25.7. The number of halogens is 1. The summed E-state index contributed by atoms with van der Waals surface area (Å²) in [5.41, 5.74) is 6.67. The van der Waals surface area contributed by atoms with Crippen molar-refractivity contribution in [1.82, 2.24) is 35.3 Å². The second-order valence-electron chi connectivity index (χ2n) is 20.5. The van der Waals surface area contributed by atoms with Gasteiger partial charge in [-0.2, -0.15) is 0 Å². The Labute approximate surface area is 452 Å². The van der Waals surface area contributed by atoms with Crippen molar-refractivity contribution in [1.29, 1.82) is 0 Å². The van der Waals surface area contributed by atoms with Gasteiger partial charge in [0.05, 0.1) is 55.8 Å². The van der Waals surface area contributed by atoms with E-state index in [1.165, 1.54) is 16.2 Å². The van der Waals surface area contributed by atoms with Gasteiger partial charge >= 0.3 is 0 Å². The van der Waals surface area contributed by atoms with Crippen molar-refractivity contribution in [2.45, 2.75) is 118 Å². The number of hydrogen-bond donors (Lipinski definition) is 3. The average Bonchev–Trinajstić information content (AvgIpc) is 4.16. The zero-order chi connectivity index (χ0) is 54.3. The highest BCUT2D eigenvalue weighted by Gasteiger charge is 2.44. The highest BCUT2D eigenvalue weighted by atomic mass is 35.5. The van der Waals surface area contributed by atoms with Crippen molar-refractivity contribution in [3.8, 4) is 22.1 Å². The second-order valence-corrected chi connectivity index (χ2v) is 22.2. The van der Waals surface area contributed by atoms with Gasteiger partial charge < -0.3 is 39.3 Å². The Morgan fingerprint density at radius 1 is 0.882 bits per heavy atom. The van der Waals surface area contributed by atoms with Crippen molar-refractivity contribution < 1.29 is 42.9 Å². The standard InChI is InChI=1S/C57H67ClN8O9S/c1-33-36(4)76-56-50(33)51(40-15-19-42(58)20-16-40)61-45(54-64-63-37(5)66(54)56)29-48(69)60-34(2)39-17-21-44(22-18-39)74-25-9-24-72-26-27-73-31-49(70)62-53(57(6,7)8)55(71)65-30-43(67)28-46(65)47(68)23-12-38-10-13-41(14-11-38)52-35(3)59-32-75-52/h10-11,13-22,32,34,43,45-46,53,67H,9,12,23-31H2,1-8H3,(H,60,69)(H,62,70)/t34-,43-,45+,46+,53-/m1/s1. The van der Waals surface area contributed by atoms with E-state index < -0.39 is 41.5 Å². The Morgan fingerprint density at radius 3 is 2.29 bits per heavy atom. The maximum absolute atomic E-state index is 14.0. The SMILES string of the molecule is Cc1ncoc1-c1ccc(CCC(=O)[C@@H]2C[C@@H](O)CN2C(=O)[C@@H](NC(=O)COCCOCCCOc2ccc([C@@H](C)NC(=O)C[C@@H]3N=C(c4ccc(Cl)cc4)c4c(sc(C)c4C)-n4c(C)nnc43)cc2)C(C)(C)C)cc1. The van der Waals surface area contributed by atoms with Gasteiger partial charge in [0.15, 0.2) is 23.8 Å². The summed E-state index contributed by atoms with van der Waals surface area (Å²) >= 11 is 7.93. The number of aliphatic hydroxyl groups is 1. The number of carbonyl (C=O) groups is 4. The third-order valence-electron chi connectivity index (χ3n) is 13.8. The fraction of sp³-hybridized carbons (Fsp3) is 0.439. The number of aromatic nitrogens is 4. The Kier molecular flexibility index (Phi) is 18.0. The Bertz CT molecular complexity index is 3030. The summed E-state index contributed by atoms with van der Waals surface area (Å²) < 4.78 is 24.8. The van der Waals surface area contributed by atoms with Gasteiger partial charge in [-0.05, 0) is 87.4 Å². The molecule has 0 spiro atoms. The maximum Gasteiger partial charge on any atom is 0.246 e. The monoisotopic (exact) mass is 1070 g/mol. The van der Waals surface area contributed by atoms with Crippen LogP contribution in [0, 0.1) is 33.1 Å². The number of amides is 3. The molecule has 3 aromatic heterocycles. The Balaban J connectivity index is 0.734. The summed E-state index contributed by atoms with van der Waals surface area (Å²) in [5, 5.41) is 27.1. The van der Waals surface area contributed by atoms with Gasteiger partial charge in [-0.3, -0.25) is 28.7 Å². The smallest absolute Gasteiger partial charge is 0.246 e. The number of nitrogens with one attached hydrogen (secondary N) is 2. The predicted molar refractivity (Wildman–Crippen MR) is 290 cm³/mol. The highest BCUT2D eigenvalue weighted by Crippen LogP contribution is 2.40. The minimum atomic E-state index is -0.957. The van der Waals surface area contributed by atoms with Crippen molar-refractivity contribution >= 4 is 52.2 Å². The molecule has 0 aliphatic carbocycles. The first-order chi connectivity index (χ1) is 36.4. The number of aliphatic hydroxyl groups excluding tert-OH is 1. The molecule has 1 fully saturated rings. The van der Waals surface area contributed by atoms with E-state index >= 15 is 0 Å². The summed E-state index contributed by atoms with van der Waals surface area (Å²) in [6, 6.07) is 20.3. The van der Waals surface area contributed by atoms with Crippen LogP contribution in [0.15, 0.2) is 88.6 Å². The number of hydrogen-bond acceptors (Lipinski definition) is 14. The van der Waals surface area contributed by atoms with Gasteiger partial charge in [0, 0.05) is 59.0 Å². The van der Waals surface area contributed by atoms with E-state index in [1.807, 2.05) is 119 Å². The fourth-order valence-electron chi connectivity index (χ4n) is 9.50. The second kappa shape index (κ2) is 24.6. The number of Topliss-reactive ketones (excluding diaryl/α,β-unsaturated/α-hetero) is 1. The predicted octanol–water partition coefficient (Wildman–Crippen LogP) is 8.53. The van der Waals surface area contributed by atoms with Gasteiger partial charge in [-0.25, -0.2) is 4.98 Å². The van der Waals surface area contributed by atoms with Crippen LogP contribution in [0.5, 0.6) is 5.75 Å². The highest BCUT2D eigenvalue weighted by molar-refractivity contribution is 7.15. The van der Waals surface area contributed by atoms with E-state index in [0.717, 1.165) is 55.6 Å². The van der Waals surface area contributed by atoms with Crippen LogP contribution >= 0.6 is 22.9 Å². The Hall–Kier alpha value is -6.57. The normalized spacial score (nSPS) is 17.1. The number of oxazole rings is 1. The summed E-state index contributed by atoms with van der Waals surface area (Å²) in [4.78, 5) is 66.3. The lowest BCUT2D eigenvalue weighted by Crippen LogP contribution is -2.57. The quantitative estimate of drug-likeness (QED) is 0.0546. The first-order valence-corrected chi connectivity index (χ1v) is 26.9. The van der Waals surface area contributed by atoms with E-state index in [1.54, 1.807) is 11.3 Å². The van der Waals surface area contributed by atoms with E-state index in [9.17, 15) is 24.3 Å². The molecule has 3 amide bonds. The van der Waals surface area contributed by atoms with Gasteiger partial charge in [-0.15, -0.1) is 21.5 Å². The number of benzene rings is 3. The number of ether oxygens (including phenoxy) is 3. The minimum absolute atomic E-state index is 0.00552. The summed E-state index contributed by atoms with van der Waals surface area (Å²) in [6.45, 7) is 16.4. The maximum atomic E-state index is 14.0. The van der Waals surface area contributed by atoms with Crippen LogP contribution in [0.25, 0.3) is 16.3 Å². The van der Waals surface area contributed by atoms with Gasteiger partial charge in [-0.1, -0.05) is 80.9 Å². The first kappa shape index (κ1) is 55.7. The zero-order valence-corrected chi connectivity index (χ0v) is 45.9. The number of thiophene rings is 1. The average molecular weight is 1080 g/mol. The number of β-amino-alcohol motifs (C(OH)–C–C–N with tert-alkyl or cyclic N) is 1. The molecule has 76 heavy (non-hydrogen) atoms. The van der Waals surface area contributed by atoms with Crippen molar-refractivity contribution in [3.63, 3.8) is 0 Å². The summed E-state index contributed by atoms with van der Waals surface area (Å²) in [5.74, 6) is 1.50. The molecular formula is C57H67ClN8O9S. The molecule has 2 aliphatic rings. The largest absolute Gasteiger partial charge is 0.494 e. The lowest BCUT2D eigenvalue weighted by Gasteiger charge is -2.35. The van der Waals surface area contributed by atoms with E-state index in [4.69, 9.17) is 35.2 Å². The molecule has 2 aliphatic heterocycles. The van der Waals surface area contributed by atoms with Gasteiger partial charge in [0.2, 0.25) is 17.7 Å². The van der Waals surface area contributed by atoms with Crippen molar-refractivity contribution in [3.05, 3.63) is 134 Å². The molecule has 3 N–H and O–H groups in total. The molecule has 5 atom stereocenters. The fourth-order valence-corrected chi connectivity index (χ4v) is 10.8. The third kappa shape index (κ3) is 13.3. The molecule has 17 nitrogen and oxygen atoms in total. The number of carbonyl (C=O) groups excluding carboxylic acids is 4. The van der Waals surface area contributed by atoms with Crippen LogP contribution in [-0.2, 0) is 35.1 Å². The van der Waals surface area contributed by atoms with E-state index in [-0.39, 0.29) is 63.4 Å². The van der Waals surface area contributed by atoms with Gasteiger partial charge in [0.1, 0.15) is 35.3 Å². The molecule has 0 radical (unpaired) electrons. The van der Waals surface area contributed by atoms with Crippen LogP contribution < -0.4 is 15.4 Å².